The zero-order valence-electron chi connectivity index (χ0n) is 10.4. The summed E-state index contributed by atoms with van der Waals surface area (Å²) in [6.07, 6.45) is -0.165. The number of rotatable bonds is 5. The summed E-state index contributed by atoms with van der Waals surface area (Å²) in [5, 5.41) is 12.9. The molecule has 0 heterocycles. The maximum absolute atomic E-state index is 13.4. The van der Waals surface area contributed by atoms with E-state index in [-0.39, 0.29) is 17.6 Å². The number of benzene rings is 1. The predicted molar refractivity (Wildman–Crippen MR) is 63.7 cm³/mol. The van der Waals surface area contributed by atoms with E-state index < -0.39 is 17.7 Å². The molecule has 0 fully saturated rings. The minimum Gasteiger partial charge on any atom is -0.387 e. The van der Waals surface area contributed by atoms with Gasteiger partial charge in [0.25, 0.3) is 0 Å². The molecule has 2 nitrogen and oxygen atoms in total. The van der Waals surface area contributed by atoms with Crippen LogP contribution in [0.25, 0.3) is 0 Å². The minimum atomic E-state index is -1.04. The summed E-state index contributed by atoms with van der Waals surface area (Å²) in [5.74, 6) is -1.13. The molecule has 0 saturated carbocycles. The average Bonchev–Trinajstić information content (AvgIpc) is 2.29. The molecule has 0 saturated heterocycles. The highest BCUT2D eigenvalue weighted by molar-refractivity contribution is 5.21. The number of halogens is 2. The third-order valence-electron chi connectivity index (χ3n) is 2.97. The third-order valence-corrected chi connectivity index (χ3v) is 2.97. The highest BCUT2D eigenvalue weighted by Crippen LogP contribution is 2.19. The first kappa shape index (κ1) is 14.1. The molecule has 0 aromatic heterocycles. The van der Waals surface area contributed by atoms with Gasteiger partial charge in [0, 0.05) is 17.6 Å². The standard InChI is InChI=1S/C13H19F2NO/c1-4-13(2,3)16-8-12(17)10-7-9(14)5-6-11(10)15/h5-7,12,16-17H,4,8H2,1-3H3. The lowest BCUT2D eigenvalue weighted by Gasteiger charge is -2.26. The van der Waals surface area contributed by atoms with Crippen LogP contribution in [0, 0.1) is 11.6 Å². The highest BCUT2D eigenvalue weighted by Gasteiger charge is 2.19. The van der Waals surface area contributed by atoms with Gasteiger partial charge in [-0.3, -0.25) is 0 Å². The van der Waals surface area contributed by atoms with Crippen molar-refractivity contribution in [1.29, 1.82) is 0 Å². The van der Waals surface area contributed by atoms with Crippen molar-refractivity contribution in [1.82, 2.24) is 5.32 Å². The van der Waals surface area contributed by atoms with Crippen molar-refractivity contribution in [2.45, 2.75) is 38.8 Å². The summed E-state index contributed by atoms with van der Waals surface area (Å²) >= 11 is 0. The molecule has 1 rings (SSSR count). The highest BCUT2D eigenvalue weighted by atomic mass is 19.1. The van der Waals surface area contributed by atoms with Gasteiger partial charge >= 0.3 is 0 Å². The van der Waals surface area contributed by atoms with E-state index in [0.29, 0.717) is 0 Å². The van der Waals surface area contributed by atoms with Crippen LogP contribution in [0.5, 0.6) is 0 Å². The van der Waals surface area contributed by atoms with Crippen LogP contribution in [0.2, 0.25) is 0 Å². The van der Waals surface area contributed by atoms with Gasteiger partial charge in [-0.1, -0.05) is 6.92 Å². The van der Waals surface area contributed by atoms with Gasteiger partial charge < -0.3 is 10.4 Å². The van der Waals surface area contributed by atoms with Crippen molar-refractivity contribution < 1.29 is 13.9 Å². The lowest BCUT2D eigenvalue weighted by Crippen LogP contribution is -2.41. The van der Waals surface area contributed by atoms with Crippen molar-refractivity contribution in [2.75, 3.05) is 6.54 Å². The second-order valence-corrected chi connectivity index (χ2v) is 4.80. The van der Waals surface area contributed by atoms with Gasteiger partial charge in [0.2, 0.25) is 0 Å². The first-order valence-electron chi connectivity index (χ1n) is 5.74. The topological polar surface area (TPSA) is 32.3 Å². The van der Waals surface area contributed by atoms with E-state index in [0.717, 1.165) is 24.6 Å². The number of nitrogens with one attached hydrogen (secondary N) is 1. The molecule has 0 amide bonds. The molecule has 1 aromatic carbocycles. The Morgan fingerprint density at radius 2 is 2.00 bits per heavy atom. The van der Waals surface area contributed by atoms with Crippen LogP contribution >= 0.6 is 0 Å². The van der Waals surface area contributed by atoms with E-state index in [1.54, 1.807) is 0 Å². The molecule has 0 aliphatic carbocycles. The van der Waals surface area contributed by atoms with Gasteiger partial charge in [-0.2, -0.15) is 0 Å². The lowest BCUT2D eigenvalue weighted by molar-refractivity contribution is 0.155. The van der Waals surface area contributed by atoms with Gasteiger partial charge in [-0.15, -0.1) is 0 Å². The summed E-state index contributed by atoms with van der Waals surface area (Å²) < 4.78 is 26.3. The summed E-state index contributed by atoms with van der Waals surface area (Å²) in [7, 11) is 0. The Morgan fingerprint density at radius 3 is 2.59 bits per heavy atom. The van der Waals surface area contributed by atoms with Gasteiger partial charge in [0.15, 0.2) is 0 Å². The molecular weight excluding hydrogens is 224 g/mol. The Bertz CT molecular complexity index is 380. The van der Waals surface area contributed by atoms with Gasteiger partial charge in [-0.25, -0.2) is 8.78 Å². The van der Waals surface area contributed by atoms with E-state index in [4.69, 9.17) is 0 Å². The quantitative estimate of drug-likeness (QED) is 0.833. The van der Waals surface area contributed by atoms with Gasteiger partial charge in [-0.05, 0) is 38.5 Å². The normalized spacial score (nSPS) is 13.8. The molecule has 17 heavy (non-hydrogen) atoms. The van der Waals surface area contributed by atoms with Crippen LogP contribution in [0.3, 0.4) is 0 Å². The van der Waals surface area contributed by atoms with E-state index >= 15 is 0 Å². The fraction of sp³-hybridized carbons (Fsp3) is 0.538. The second kappa shape index (κ2) is 5.56. The Kier molecular flexibility index (Phi) is 4.60. The van der Waals surface area contributed by atoms with Crippen molar-refractivity contribution in [2.24, 2.45) is 0 Å². The second-order valence-electron chi connectivity index (χ2n) is 4.80. The van der Waals surface area contributed by atoms with Crippen LogP contribution in [0.15, 0.2) is 18.2 Å². The maximum atomic E-state index is 13.4. The molecule has 96 valence electrons. The smallest absolute Gasteiger partial charge is 0.129 e. The third kappa shape index (κ3) is 4.06. The fourth-order valence-electron chi connectivity index (χ4n) is 1.38. The summed E-state index contributed by atoms with van der Waals surface area (Å²) in [5.41, 5.74) is -0.144. The number of aliphatic hydroxyl groups is 1. The van der Waals surface area contributed by atoms with E-state index in [2.05, 4.69) is 5.32 Å². The Labute approximate surface area is 101 Å². The van der Waals surface area contributed by atoms with Crippen LogP contribution in [-0.4, -0.2) is 17.2 Å². The lowest BCUT2D eigenvalue weighted by atomic mass is 10.0. The van der Waals surface area contributed by atoms with Gasteiger partial charge in [0.1, 0.15) is 11.6 Å². The van der Waals surface area contributed by atoms with Crippen LogP contribution in [-0.2, 0) is 0 Å². The summed E-state index contributed by atoms with van der Waals surface area (Å²) in [4.78, 5) is 0. The van der Waals surface area contributed by atoms with E-state index in [9.17, 15) is 13.9 Å². The average molecular weight is 243 g/mol. The SMILES string of the molecule is CCC(C)(C)NCC(O)c1cc(F)ccc1F. The molecule has 1 atom stereocenters. The molecule has 4 heteroatoms. The first-order chi connectivity index (χ1) is 7.85. The molecular formula is C13H19F2NO. The molecule has 2 N–H and O–H groups in total. The van der Waals surface area contributed by atoms with Crippen LogP contribution < -0.4 is 5.32 Å². The number of hydrogen-bond donors (Lipinski definition) is 2. The molecule has 1 aromatic rings. The summed E-state index contributed by atoms with van der Waals surface area (Å²) in [6.45, 7) is 6.19. The van der Waals surface area contributed by atoms with Crippen LogP contribution in [0.1, 0.15) is 38.9 Å². The zero-order chi connectivity index (χ0) is 13.1. The number of hydrogen-bond acceptors (Lipinski definition) is 2. The molecule has 0 radical (unpaired) electrons. The van der Waals surface area contributed by atoms with Crippen LogP contribution in [0.4, 0.5) is 8.78 Å². The molecule has 0 bridgehead atoms. The fourth-order valence-corrected chi connectivity index (χ4v) is 1.38. The summed E-state index contributed by atoms with van der Waals surface area (Å²) in [6, 6.07) is 3.09. The monoisotopic (exact) mass is 243 g/mol. The minimum absolute atomic E-state index is 0.00981. The Hall–Kier alpha value is -1.00. The van der Waals surface area contributed by atoms with Gasteiger partial charge in [0.05, 0.1) is 6.10 Å². The van der Waals surface area contributed by atoms with Crippen molar-refractivity contribution in [3.05, 3.63) is 35.4 Å². The first-order valence-corrected chi connectivity index (χ1v) is 5.74. The van der Waals surface area contributed by atoms with E-state index in [1.165, 1.54) is 0 Å². The number of β-amino-alcohol motifs (C(OH)–C–C–N with tert-alkyl or cyclic N) is 1. The predicted octanol–water partition coefficient (Wildman–Crippen LogP) is 2.78. The largest absolute Gasteiger partial charge is 0.387 e. The van der Waals surface area contributed by atoms with Crippen molar-refractivity contribution >= 4 is 0 Å². The molecule has 0 aliphatic rings. The Morgan fingerprint density at radius 1 is 1.35 bits per heavy atom. The Balaban J connectivity index is 2.70. The maximum Gasteiger partial charge on any atom is 0.129 e. The van der Waals surface area contributed by atoms with Crippen molar-refractivity contribution in [3.8, 4) is 0 Å². The van der Waals surface area contributed by atoms with E-state index in [1.807, 2.05) is 20.8 Å². The molecule has 0 spiro atoms. The zero-order valence-corrected chi connectivity index (χ0v) is 10.4. The number of aliphatic hydroxyl groups excluding tert-OH is 1. The molecule has 0 aliphatic heterocycles. The molecule has 1 unspecified atom stereocenters. The van der Waals surface area contributed by atoms with Crippen molar-refractivity contribution in [3.63, 3.8) is 0 Å².